The molecule has 1 atom stereocenters. The number of rotatable bonds is 4. The molecule has 1 aliphatic heterocycles. The lowest BCUT2D eigenvalue weighted by atomic mass is 9.95. The number of aliphatic hydroxyl groups excluding tert-OH is 1. The molecule has 0 aliphatic carbocycles. The Morgan fingerprint density at radius 3 is 2.06 bits per heavy atom. The largest absolute Gasteiger partial charge is 0.573 e. The van der Waals surface area contributed by atoms with Crippen LogP contribution in [0.15, 0.2) is 78.4 Å². The first-order chi connectivity index (χ1) is 16.0. The molecule has 2 N–H and O–H groups in total. The second kappa shape index (κ2) is 8.75. The van der Waals surface area contributed by atoms with Gasteiger partial charge < -0.3 is 14.9 Å². The summed E-state index contributed by atoms with van der Waals surface area (Å²) in [5.74, 6) is -2.99. The smallest absolute Gasteiger partial charge is 0.508 e. The van der Waals surface area contributed by atoms with E-state index in [0.717, 1.165) is 17.0 Å². The Balaban J connectivity index is 1.84. The number of nitrogens with zero attached hydrogens (tertiary/aromatic N) is 1. The maximum Gasteiger partial charge on any atom is 0.573 e. The van der Waals surface area contributed by atoms with E-state index >= 15 is 0 Å². The SMILES string of the molecule is O=C1C(=O)N(c2ccc(OC(F)(F)F)cc2)C(c2ccc(O)cc2)/C1=C(\O)c1ccc(Cl)cc1. The van der Waals surface area contributed by atoms with Crippen LogP contribution in [0.25, 0.3) is 5.76 Å². The van der Waals surface area contributed by atoms with E-state index in [1.165, 1.54) is 60.7 Å². The molecule has 0 saturated carbocycles. The Hall–Kier alpha value is -3.98. The van der Waals surface area contributed by atoms with Gasteiger partial charge in [0.25, 0.3) is 11.7 Å². The third kappa shape index (κ3) is 4.55. The number of amides is 1. The fourth-order valence-corrected chi connectivity index (χ4v) is 3.77. The Morgan fingerprint density at radius 2 is 1.50 bits per heavy atom. The second-order valence-corrected chi connectivity index (χ2v) is 7.75. The third-order valence-corrected chi connectivity index (χ3v) is 5.37. The van der Waals surface area contributed by atoms with Crippen molar-refractivity contribution in [1.82, 2.24) is 0 Å². The summed E-state index contributed by atoms with van der Waals surface area (Å²) >= 11 is 5.89. The Kier molecular flexibility index (Phi) is 5.97. The normalized spacial score (nSPS) is 17.8. The van der Waals surface area contributed by atoms with Crippen LogP contribution >= 0.6 is 11.6 Å². The number of carbonyl (C=O) groups is 2. The second-order valence-electron chi connectivity index (χ2n) is 7.31. The van der Waals surface area contributed by atoms with Crippen molar-refractivity contribution >= 4 is 34.7 Å². The number of hydrogen-bond acceptors (Lipinski definition) is 5. The Morgan fingerprint density at radius 1 is 0.912 bits per heavy atom. The zero-order chi connectivity index (χ0) is 24.6. The molecule has 1 fully saturated rings. The van der Waals surface area contributed by atoms with Gasteiger partial charge in [0, 0.05) is 16.3 Å². The van der Waals surface area contributed by atoms with E-state index in [-0.39, 0.29) is 22.6 Å². The summed E-state index contributed by atoms with van der Waals surface area (Å²) in [6, 6.07) is 14.9. The van der Waals surface area contributed by atoms with Crippen LogP contribution in [0.4, 0.5) is 18.9 Å². The quantitative estimate of drug-likeness (QED) is 0.284. The van der Waals surface area contributed by atoms with Crippen molar-refractivity contribution in [1.29, 1.82) is 0 Å². The highest BCUT2D eigenvalue weighted by molar-refractivity contribution is 6.51. The summed E-state index contributed by atoms with van der Waals surface area (Å²) in [4.78, 5) is 27.1. The molecule has 0 radical (unpaired) electrons. The molecule has 6 nitrogen and oxygen atoms in total. The summed E-state index contributed by atoms with van der Waals surface area (Å²) in [6.07, 6.45) is -4.89. The summed E-state index contributed by atoms with van der Waals surface area (Å²) in [5, 5.41) is 21.0. The van der Waals surface area contributed by atoms with Crippen LogP contribution in [0.2, 0.25) is 5.02 Å². The number of alkyl halides is 3. The molecule has 3 aromatic carbocycles. The number of hydrogen-bond donors (Lipinski definition) is 2. The molecule has 0 bridgehead atoms. The number of phenolic OH excluding ortho intramolecular Hbond substituents is 1. The van der Waals surface area contributed by atoms with Crippen LogP contribution in [-0.4, -0.2) is 28.3 Å². The third-order valence-electron chi connectivity index (χ3n) is 5.12. The van der Waals surface area contributed by atoms with E-state index in [0.29, 0.717) is 10.6 Å². The van der Waals surface area contributed by atoms with Crippen LogP contribution < -0.4 is 9.64 Å². The highest BCUT2D eigenvalue weighted by Gasteiger charge is 2.47. The first-order valence-corrected chi connectivity index (χ1v) is 10.1. The first-order valence-electron chi connectivity index (χ1n) is 9.77. The minimum Gasteiger partial charge on any atom is -0.508 e. The number of aromatic hydroxyl groups is 1. The van der Waals surface area contributed by atoms with E-state index in [4.69, 9.17) is 11.6 Å². The molecule has 1 heterocycles. The van der Waals surface area contributed by atoms with Gasteiger partial charge in [0.2, 0.25) is 0 Å². The van der Waals surface area contributed by atoms with Gasteiger partial charge in [-0.3, -0.25) is 14.5 Å². The van der Waals surface area contributed by atoms with E-state index in [1.807, 2.05) is 0 Å². The highest BCUT2D eigenvalue weighted by atomic mass is 35.5. The van der Waals surface area contributed by atoms with E-state index in [9.17, 15) is 33.0 Å². The molecular formula is C24H15ClF3NO5. The van der Waals surface area contributed by atoms with Crippen molar-refractivity contribution in [2.75, 3.05) is 4.90 Å². The Labute approximate surface area is 196 Å². The fraction of sp³-hybridized carbons (Fsp3) is 0.0833. The molecule has 1 amide bonds. The van der Waals surface area contributed by atoms with E-state index in [2.05, 4.69) is 4.74 Å². The van der Waals surface area contributed by atoms with E-state index < -0.39 is 35.6 Å². The summed E-state index contributed by atoms with van der Waals surface area (Å²) in [6.45, 7) is 0. The van der Waals surface area contributed by atoms with Gasteiger partial charge in [-0.15, -0.1) is 13.2 Å². The van der Waals surface area contributed by atoms with Gasteiger partial charge in [0.05, 0.1) is 11.6 Å². The predicted octanol–water partition coefficient (Wildman–Crippen LogP) is 5.57. The number of halogens is 4. The van der Waals surface area contributed by atoms with Crippen LogP contribution in [0, 0.1) is 0 Å². The summed E-state index contributed by atoms with van der Waals surface area (Å²) < 4.78 is 41.4. The highest BCUT2D eigenvalue weighted by Crippen LogP contribution is 2.43. The number of anilines is 1. The average molecular weight is 490 g/mol. The zero-order valence-corrected chi connectivity index (χ0v) is 17.8. The number of Topliss-reactive ketones (excluding diaryl/α,β-unsaturated/α-hetero) is 1. The van der Waals surface area contributed by atoms with Gasteiger partial charge in [0.1, 0.15) is 17.3 Å². The van der Waals surface area contributed by atoms with Gasteiger partial charge in [0.15, 0.2) is 0 Å². The van der Waals surface area contributed by atoms with Crippen molar-refractivity contribution in [2.45, 2.75) is 12.4 Å². The molecular weight excluding hydrogens is 475 g/mol. The maximum absolute atomic E-state index is 13.0. The standard InChI is InChI=1S/C24H15ClF3NO5/c25-15-5-1-14(2-6-15)21(31)19-20(13-3-9-17(30)10-4-13)29(23(33)22(19)32)16-7-11-18(12-8-16)34-24(26,27)28/h1-12,20,30-31H/b21-19+. The fourth-order valence-electron chi connectivity index (χ4n) is 3.64. The molecule has 1 aliphatic rings. The van der Waals surface area contributed by atoms with Gasteiger partial charge in [-0.05, 0) is 66.2 Å². The average Bonchev–Trinajstić information content (AvgIpc) is 3.04. The van der Waals surface area contributed by atoms with Crippen molar-refractivity contribution in [3.63, 3.8) is 0 Å². The minimum absolute atomic E-state index is 0.0629. The molecule has 4 rings (SSSR count). The lowest BCUT2D eigenvalue weighted by Gasteiger charge is -2.25. The number of carbonyl (C=O) groups excluding carboxylic acids is 2. The number of phenols is 1. The lowest BCUT2D eigenvalue weighted by molar-refractivity contribution is -0.274. The van der Waals surface area contributed by atoms with Crippen molar-refractivity contribution in [3.8, 4) is 11.5 Å². The van der Waals surface area contributed by atoms with Crippen molar-refractivity contribution < 1.29 is 37.7 Å². The molecule has 1 saturated heterocycles. The number of ketones is 1. The summed E-state index contributed by atoms with van der Waals surface area (Å²) in [7, 11) is 0. The summed E-state index contributed by atoms with van der Waals surface area (Å²) in [5.41, 5.74) is 0.488. The minimum atomic E-state index is -4.89. The number of ether oxygens (including phenoxy) is 1. The molecule has 3 aromatic rings. The molecule has 174 valence electrons. The maximum atomic E-state index is 13.0. The van der Waals surface area contributed by atoms with Crippen molar-refractivity contribution in [3.05, 3.63) is 94.5 Å². The van der Waals surface area contributed by atoms with Gasteiger partial charge >= 0.3 is 6.36 Å². The topological polar surface area (TPSA) is 87.1 Å². The molecule has 34 heavy (non-hydrogen) atoms. The van der Waals surface area contributed by atoms with Gasteiger partial charge in [-0.1, -0.05) is 23.7 Å². The van der Waals surface area contributed by atoms with Gasteiger partial charge in [-0.25, -0.2) is 0 Å². The van der Waals surface area contributed by atoms with Crippen LogP contribution in [0.5, 0.6) is 11.5 Å². The van der Waals surface area contributed by atoms with Crippen LogP contribution in [-0.2, 0) is 9.59 Å². The lowest BCUT2D eigenvalue weighted by Crippen LogP contribution is -2.29. The zero-order valence-electron chi connectivity index (χ0n) is 17.1. The van der Waals surface area contributed by atoms with Crippen LogP contribution in [0.1, 0.15) is 17.2 Å². The van der Waals surface area contributed by atoms with Crippen molar-refractivity contribution in [2.24, 2.45) is 0 Å². The predicted molar refractivity (Wildman–Crippen MR) is 117 cm³/mol. The first kappa shape index (κ1) is 23.2. The monoisotopic (exact) mass is 489 g/mol. The molecule has 0 aromatic heterocycles. The Bertz CT molecular complexity index is 1270. The molecule has 10 heteroatoms. The number of benzene rings is 3. The number of aliphatic hydroxyl groups is 1. The van der Waals surface area contributed by atoms with Crippen LogP contribution in [0.3, 0.4) is 0 Å². The molecule has 0 spiro atoms. The molecule has 1 unspecified atom stereocenters. The van der Waals surface area contributed by atoms with Gasteiger partial charge in [-0.2, -0.15) is 0 Å². The van der Waals surface area contributed by atoms with E-state index in [1.54, 1.807) is 0 Å².